The summed E-state index contributed by atoms with van der Waals surface area (Å²) in [6.45, 7) is 0.0242. The van der Waals surface area contributed by atoms with E-state index in [-0.39, 0.29) is 30.9 Å². The molecule has 1 amide bonds. The van der Waals surface area contributed by atoms with Crippen LogP contribution in [-0.4, -0.2) is 18.5 Å². The third kappa shape index (κ3) is 5.18. The number of nitrogens with one attached hydrogen (secondary N) is 1. The van der Waals surface area contributed by atoms with Gasteiger partial charge in [-0.3, -0.25) is 9.59 Å². The number of benzene rings is 1. The number of hydrogen-bond acceptors (Lipinski definition) is 3. The lowest BCUT2D eigenvalue weighted by Crippen LogP contribution is -2.30. The molecule has 0 unspecified atom stereocenters. The van der Waals surface area contributed by atoms with Crippen LogP contribution in [0.15, 0.2) is 18.2 Å². The summed E-state index contributed by atoms with van der Waals surface area (Å²) < 4.78 is 5.08. The van der Waals surface area contributed by atoms with Gasteiger partial charge in [0, 0.05) is 16.6 Å². The highest BCUT2D eigenvalue weighted by Crippen LogP contribution is 2.24. The summed E-state index contributed by atoms with van der Waals surface area (Å²) in [5.74, 6) is -0.651. The number of carbonyl (C=O) groups excluding carboxylic acids is 2. The zero-order valence-corrected chi connectivity index (χ0v) is 13.8. The number of amides is 1. The minimum atomic E-state index is -0.338. The number of carbonyl (C=O) groups is 2. The molecular formula is C16H19Cl2NO3. The smallest absolute Gasteiger partial charge is 0.309 e. The summed E-state index contributed by atoms with van der Waals surface area (Å²) >= 11 is 11.8. The first-order valence-electron chi connectivity index (χ1n) is 7.43. The topological polar surface area (TPSA) is 55.4 Å². The Morgan fingerprint density at radius 1 is 1.18 bits per heavy atom. The third-order valence-electron chi connectivity index (χ3n) is 3.78. The van der Waals surface area contributed by atoms with Gasteiger partial charge in [0.2, 0.25) is 0 Å². The molecule has 6 heteroatoms. The molecule has 22 heavy (non-hydrogen) atoms. The Kier molecular flexibility index (Phi) is 6.52. The van der Waals surface area contributed by atoms with E-state index in [0.717, 1.165) is 31.2 Å². The summed E-state index contributed by atoms with van der Waals surface area (Å²) in [6, 6.07) is 5.07. The standard InChI is InChI=1S/C16H19Cl2NO3/c17-13-7-6-12(14(18)8-13)9-19-15(20)10-22-16(21)11-4-2-1-3-5-11/h6-8,11H,1-5,9-10H2,(H,19,20). The first-order valence-corrected chi connectivity index (χ1v) is 8.19. The number of esters is 1. The lowest BCUT2D eigenvalue weighted by Gasteiger charge is -2.19. The van der Waals surface area contributed by atoms with Crippen molar-refractivity contribution in [2.24, 2.45) is 5.92 Å². The average Bonchev–Trinajstić information content (AvgIpc) is 2.52. The minimum absolute atomic E-state index is 0.0488. The minimum Gasteiger partial charge on any atom is -0.455 e. The van der Waals surface area contributed by atoms with Gasteiger partial charge in [-0.25, -0.2) is 0 Å². The van der Waals surface area contributed by atoms with Gasteiger partial charge in [-0.1, -0.05) is 48.5 Å². The van der Waals surface area contributed by atoms with Crippen molar-refractivity contribution in [2.75, 3.05) is 6.61 Å². The van der Waals surface area contributed by atoms with Gasteiger partial charge in [-0.2, -0.15) is 0 Å². The molecule has 120 valence electrons. The number of halogens is 2. The molecule has 0 spiro atoms. The van der Waals surface area contributed by atoms with Gasteiger partial charge in [0.05, 0.1) is 5.92 Å². The van der Waals surface area contributed by atoms with Gasteiger partial charge < -0.3 is 10.1 Å². The molecule has 1 aliphatic rings. The fourth-order valence-electron chi connectivity index (χ4n) is 2.50. The third-order valence-corrected chi connectivity index (χ3v) is 4.36. The summed E-state index contributed by atoms with van der Waals surface area (Å²) in [6.07, 6.45) is 5.01. The van der Waals surface area contributed by atoms with E-state index in [1.54, 1.807) is 18.2 Å². The van der Waals surface area contributed by atoms with Gasteiger partial charge in [-0.15, -0.1) is 0 Å². The maximum atomic E-state index is 11.8. The van der Waals surface area contributed by atoms with Crippen molar-refractivity contribution in [1.29, 1.82) is 0 Å². The Morgan fingerprint density at radius 2 is 1.91 bits per heavy atom. The Balaban J connectivity index is 1.72. The number of ether oxygens (including phenoxy) is 1. The van der Waals surface area contributed by atoms with Crippen LogP contribution in [0.3, 0.4) is 0 Å². The molecule has 1 saturated carbocycles. The molecule has 4 nitrogen and oxygen atoms in total. The van der Waals surface area contributed by atoms with Gasteiger partial charge in [-0.05, 0) is 30.5 Å². The van der Waals surface area contributed by atoms with Crippen LogP contribution in [-0.2, 0) is 20.9 Å². The Hall–Kier alpha value is -1.26. The quantitative estimate of drug-likeness (QED) is 0.828. The lowest BCUT2D eigenvalue weighted by molar-refractivity contribution is -0.153. The van der Waals surface area contributed by atoms with Crippen LogP contribution in [0.25, 0.3) is 0 Å². The molecule has 1 aromatic carbocycles. The predicted molar refractivity (Wildman–Crippen MR) is 85.8 cm³/mol. The van der Waals surface area contributed by atoms with Crippen LogP contribution >= 0.6 is 23.2 Å². The average molecular weight is 344 g/mol. The van der Waals surface area contributed by atoms with Crippen molar-refractivity contribution in [3.63, 3.8) is 0 Å². The van der Waals surface area contributed by atoms with Crippen LogP contribution in [0.2, 0.25) is 10.0 Å². The summed E-state index contributed by atoms with van der Waals surface area (Å²) in [4.78, 5) is 23.6. The molecule has 0 radical (unpaired) electrons. The Morgan fingerprint density at radius 3 is 2.59 bits per heavy atom. The summed E-state index contributed by atoms with van der Waals surface area (Å²) in [5, 5.41) is 3.71. The van der Waals surface area contributed by atoms with E-state index in [9.17, 15) is 9.59 Å². The zero-order valence-electron chi connectivity index (χ0n) is 12.2. The van der Waals surface area contributed by atoms with Crippen molar-refractivity contribution >= 4 is 35.1 Å². The Labute approximate surface area is 140 Å². The number of hydrogen-bond donors (Lipinski definition) is 1. The van der Waals surface area contributed by atoms with E-state index < -0.39 is 0 Å². The molecule has 1 aliphatic carbocycles. The monoisotopic (exact) mass is 343 g/mol. The highest BCUT2D eigenvalue weighted by atomic mass is 35.5. The van der Waals surface area contributed by atoms with Crippen LogP contribution in [0, 0.1) is 5.92 Å². The van der Waals surface area contributed by atoms with Crippen molar-refractivity contribution in [2.45, 2.75) is 38.6 Å². The molecule has 0 aromatic heterocycles. The van der Waals surface area contributed by atoms with Gasteiger partial charge in [0.1, 0.15) is 0 Å². The van der Waals surface area contributed by atoms with Crippen molar-refractivity contribution < 1.29 is 14.3 Å². The van der Waals surface area contributed by atoms with Crippen molar-refractivity contribution in [3.05, 3.63) is 33.8 Å². The molecule has 0 aliphatic heterocycles. The van der Waals surface area contributed by atoms with Gasteiger partial charge >= 0.3 is 5.97 Å². The molecule has 0 saturated heterocycles. The van der Waals surface area contributed by atoms with E-state index in [0.29, 0.717) is 10.0 Å². The molecule has 0 atom stereocenters. The molecule has 1 aromatic rings. The second-order valence-corrected chi connectivity index (χ2v) is 6.30. The molecular weight excluding hydrogens is 325 g/mol. The largest absolute Gasteiger partial charge is 0.455 e. The SMILES string of the molecule is O=C(COC(=O)C1CCCCC1)NCc1ccc(Cl)cc1Cl. The van der Waals surface area contributed by atoms with Crippen LogP contribution < -0.4 is 5.32 Å². The molecule has 1 fully saturated rings. The van der Waals surface area contributed by atoms with E-state index in [4.69, 9.17) is 27.9 Å². The zero-order chi connectivity index (χ0) is 15.9. The van der Waals surface area contributed by atoms with Gasteiger partial charge in [0.25, 0.3) is 5.91 Å². The molecule has 0 heterocycles. The van der Waals surface area contributed by atoms with Crippen LogP contribution in [0.4, 0.5) is 0 Å². The predicted octanol–water partition coefficient (Wildman–Crippen LogP) is 3.73. The highest BCUT2D eigenvalue weighted by molar-refractivity contribution is 6.35. The highest BCUT2D eigenvalue weighted by Gasteiger charge is 2.23. The van der Waals surface area contributed by atoms with Crippen LogP contribution in [0.5, 0.6) is 0 Å². The normalized spacial score (nSPS) is 15.4. The van der Waals surface area contributed by atoms with E-state index in [1.165, 1.54) is 6.42 Å². The maximum absolute atomic E-state index is 11.8. The maximum Gasteiger partial charge on any atom is 0.309 e. The molecule has 0 bridgehead atoms. The van der Waals surface area contributed by atoms with Crippen LogP contribution in [0.1, 0.15) is 37.7 Å². The van der Waals surface area contributed by atoms with Gasteiger partial charge in [0.15, 0.2) is 6.61 Å². The van der Waals surface area contributed by atoms with Crippen molar-refractivity contribution in [1.82, 2.24) is 5.32 Å². The number of rotatable bonds is 5. The molecule has 2 rings (SSSR count). The first-order chi connectivity index (χ1) is 10.6. The first kappa shape index (κ1) is 17.1. The Bertz CT molecular complexity index is 542. The lowest BCUT2D eigenvalue weighted by atomic mass is 9.89. The van der Waals surface area contributed by atoms with E-state index in [1.807, 2.05) is 0 Å². The second-order valence-electron chi connectivity index (χ2n) is 5.46. The van der Waals surface area contributed by atoms with E-state index in [2.05, 4.69) is 5.32 Å². The second kappa shape index (κ2) is 8.39. The summed E-state index contributed by atoms with van der Waals surface area (Å²) in [7, 11) is 0. The summed E-state index contributed by atoms with van der Waals surface area (Å²) in [5.41, 5.74) is 0.762. The van der Waals surface area contributed by atoms with E-state index >= 15 is 0 Å². The fourth-order valence-corrected chi connectivity index (χ4v) is 2.98. The van der Waals surface area contributed by atoms with Crippen molar-refractivity contribution in [3.8, 4) is 0 Å². The fraction of sp³-hybridized carbons (Fsp3) is 0.500. The molecule has 1 N–H and O–H groups in total.